The summed E-state index contributed by atoms with van der Waals surface area (Å²) in [5.74, 6) is 0.837. The molecule has 1 atom stereocenters. The third-order valence-electron chi connectivity index (χ3n) is 2.92. The molecule has 2 aromatic rings. The van der Waals surface area contributed by atoms with Crippen LogP contribution in [0.2, 0.25) is 0 Å². The predicted molar refractivity (Wildman–Crippen MR) is 80.7 cm³/mol. The van der Waals surface area contributed by atoms with Crippen LogP contribution in [0, 0.1) is 11.3 Å². The van der Waals surface area contributed by atoms with Gasteiger partial charge in [0.15, 0.2) is 0 Å². The SMILES string of the molecule is COc1ccc(Sc2ccccc2[C@@H](N)CC#N)cc1. The van der Waals surface area contributed by atoms with Crippen molar-refractivity contribution in [2.75, 3.05) is 7.11 Å². The molecule has 0 unspecified atom stereocenters. The molecule has 2 aromatic carbocycles. The Morgan fingerprint density at radius 3 is 2.55 bits per heavy atom. The first-order valence-electron chi connectivity index (χ1n) is 6.28. The topological polar surface area (TPSA) is 59.0 Å². The van der Waals surface area contributed by atoms with Crippen LogP contribution in [0.15, 0.2) is 58.3 Å². The largest absolute Gasteiger partial charge is 0.497 e. The number of hydrogen-bond donors (Lipinski definition) is 1. The van der Waals surface area contributed by atoms with Gasteiger partial charge in [0.2, 0.25) is 0 Å². The zero-order valence-electron chi connectivity index (χ0n) is 11.2. The van der Waals surface area contributed by atoms with Crippen LogP contribution in [0.4, 0.5) is 0 Å². The van der Waals surface area contributed by atoms with E-state index in [4.69, 9.17) is 15.7 Å². The number of benzene rings is 2. The third-order valence-corrected chi connectivity index (χ3v) is 4.02. The highest BCUT2D eigenvalue weighted by atomic mass is 32.2. The van der Waals surface area contributed by atoms with Gasteiger partial charge in [-0.1, -0.05) is 30.0 Å². The van der Waals surface area contributed by atoms with Crippen LogP contribution in [0.5, 0.6) is 5.75 Å². The van der Waals surface area contributed by atoms with Gasteiger partial charge in [0.05, 0.1) is 19.6 Å². The molecule has 0 aliphatic carbocycles. The Kier molecular flexibility index (Phi) is 5.05. The van der Waals surface area contributed by atoms with Crippen molar-refractivity contribution >= 4 is 11.8 Å². The minimum atomic E-state index is -0.248. The van der Waals surface area contributed by atoms with Gasteiger partial charge >= 0.3 is 0 Å². The Morgan fingerprint density at radius 2 is 1.90 bits per heavy atom. The normalized spacial score (nSPS) is 11.7. The molecular formula is C16H16N2OS. The van der Waals surface area contributed by atoms with E-state index < -0.39 is 0 Å². The number of nitriles is 1. The van der Waals surface area contributed by atoms with Crippen LogP contribution in [0.1, 0.15) is 18.0 Å². The average Bonchev–Trinajstić information content (AvgIpc) is 2.49. The minimum absolute atomic E-state index is 0.248. The molecule has 4 heteroatoms. The molecule has 2 N–H and O–H groups in total. The van der Waals surface area contributed by atoms with Crippen molar-refractivity contribution < 1.29 is 4.74 Å². The maximum absolute atomic E-state index is 8.79. The van der Waals surface area contributed by atoms with Crippen molar-refractivity contribution in [1.29, 1.82) is 5.26 Å². The summed E-state index contributed by atoms with van der Waals surface area (Å²) in [6, 6.07) is 17.7. The standard InChI is InChI=1S/C16H16N2OS/c1-19-12-6-8-13(9-7-12)20-16-5-3-2-4-14(16)15(18)10-11-17/h2-9,15H,10,18H2,1H3/t15-/m0/s1. The number of methoxy groups -OCH3 is 1. The van der Waals surface area contributed by atoms with Gasteiger partial charge in [-0.2, -0.15) is 5.26 Å². The highest BCUT2D eigenvalue weighted by Gasteiger charge is 2.11. The second-order valence-corrected chi connectivity index (χ2v) is 5.40. The molecule has 20 heavy (non-hydrogen) atoms. The summed E-state index contributed by atoms with van der Waals surface area (Å²) in [7, 11) is 1.65. The van der Waals surface area contributed by atoms with E-state index >= 15 is 0 Å². The molecule has 0 aromatic heterocycles. The fourth-order valence-electron chi connectivity index (χ4n) is 1.86. The van der Waals surface area contributed by atoms with Crippen LogP contribution in [-0.2, 0) is 0 Å². The van der Waals surface area contributed by atoms with Crippen molar-refractivity contribution in [3.05, 3.63) is 54.1 Å². The van der Waals surface area contributed by atoms with Gasteiger partial charge in [-0.05, 0) is 35.9 Å². The molecule has 102 valence electrons. The Labute approximate surface area is 123 Å². The Hall–Kier alpha value is -1.96. The van der Waals surface area contributed by atoms with E-state index in [1.165, 1.54) is 0 Å². The van der Waals surface area contributed by atoms with E-state index in [1.807, 2.05) is 48.5 Å². The van der Waals surface area contributed by atoms with Crippen molar-refractivity contribution in [3.63, 3.8) is 0 Å². The van der Waals surface area contributed by atoms with Crippen LogP contribution in [0.25, 0.3) is 0 Å². The van der Waals surface area contributed by atoms with Crippen molar-refractivity contribution in [2.45, 2.75) is 22.3 Å². The summed E-state index contributed by atoms with van der Waals surface area (Å²) >= 11 is 1.64. The van der Waals surface area contributed by atoms with Crippen molar-refractivity contribution in [1.82, 2.24) is 0 Å². The second-order valence-electron chi connectivity index (χ2n) is 4.28. The maximum atomic E-state index is 8.79. The first-order valence-corrected chi connectivity index (χ1v) is 7.09. The zero-order chi connectivity index (χ0) is 14.4. The lowest BCUT2D eigenvalue weighted by Crippen LogP contribution is -2.10. The molecule has 0 bridgehead atoms. The smallest absolute Gasteiger partial charge is 0.118 e. The molecule has 0 aliphatic heterocycles. The molecule has 0 fully saturated rings. The Morgan fingerprint density at radius 1 is 1.20 bits per heavy atom. The van der Waals surface area contributed by atoms with E-state index in [2.05, 4.69) is 6.07 Å². The predicted octanol–water partition coefficient (Wildman–Crippen LogP) is 3.76. The molecule has 0 heterocycles. The number of nitrogens with two attached hydrogens (primary N) is 1. The van der Waals surface area contributed by atoms with E-state index in [-0.39, 0.29) is 6.04 Å². The van der Waals surface area contributed by atoms with Gasteiger partial charge in [0.25, 0.3) is 0 Å². The third kappa shape index (κ3) is 3.53. The number of ether oxygens (including phenoxy) is 1. The molecule has 0 spiro atoms. The first kappa shape index (κ1) is 14.4. The van der Waals surface area contributed by atoms with Crippen LogP contribution < -0.4 is 10.5 Å². The van der Waals surface area contributed by atoms with Crippen LogP contribution in [-0.4, -0.2) is 7.11 Å². The molecule has 0 amide bonds. The summed E-state index contributed by atoms with van der Waals surface area (Å²) in [5, 5.41) is 8.79. The fourth-order valence-corrected chi connectivity index (χ4v) is 2.87. The number of nitrogens with zero attached hydrogens (tertiary/aromatic N) is 1. The number of rotatable bonds is 5. The van der Waals surface area contributed by atoms with Gasteiger partial charge in [-0.3, -0.25) is 0 Å². The van der Waals surface area contributed by atoms with Gasteiger partial charge in [-0.15, -0.1) is 0 Å². The second kappa shape index (κ2) is 6.99. The van der Waals surface area contributed by atoms with E-state index in [0.29, 0.717) is 6.42 Å². The summed E-state index contributed by atoms with van der Waals surface area (Å²) in [6.45, 7) is 0. The maximum Gasteiger partial charge on any atom is 0.118 e. The van der Waals surface area contributed by atoms with Gasteiger partial charge in [-0.25, -0.2) is 0 Å². The lowest BCUT2D eigenvalue weighted by atomic mass is 10.1. The highest BCUT2D eigenvalue weighted by Crippen LogP contribution is 2.34. The quantitative estimate of drug-likeness (QED) is 0.908. The van der Waals surface area contributed by atoms with E-state index in [0.717, 1.165) is 21.1 Å². The monoisotopic (exact) mass is 284 g/mol. The minimum Gasteiger partial charge on any atom is -0.497 e. The lowest BCUT2D eigenvalue weighted by Gasteiger charge is -2.13. The van der Waals surface area contributed by atoms with Crippen molar-refractivity contribution in [2.24, 2.45) is 5.73 Å². The zero-order valence-corrected chi connectivity index (χ0v) is 12.1. The lowest BCUT2D eigenvalue weighted by molar-refractivity contribution is 0.414. The summed E-state index contributed by atoms with van der Waals surface area (Å²) < 4.78 is 5.15. The van der Waals surface area contributed by atoms with Crippen LogP contribution >= 0.6 is 11.8 Å². The molecule has 0 saturated heterocycles. The van der Waals surface area contributed by atoms with Crippen LogP contribution in [0.3, 0.4) is 0 Å². The van der Waals surface area contributed by atoms with Gasteiger partial charge in [0.1, 0.15) is 5.75 Å². The average molecular weight is 284 g/mol. The molecule has 0 radical (unpaired) electrons. The van der Waals surface area contributed by atoms with E-state index in [9.17, 15) is 0 Å². The molecule has 0 saturated carbocycles. The summed E-state index contributed by atoms with van der Waals surface area (Å²) in [5.41, 5.74) is 7.06. The Balaban J connectivity index is 2.22. The fraction of sp³-hybridized carbons (Fsp3) is 0.188. The molecular weight excluding hydrogens is 268 g/mol. The Bertz CT molecular complexity index is 605. The first-order chi connectivity index (χ1) is 9.74. The molecule has 0 aliphatic rings. The van der Waals surface area contributed by atoms with Gasteiger partial charge < -0.3 is 10.5 Å². The molecule has 2 rings (SSSR count). The number of hydrogen-bond acceptors (Lipinski definition) is 4. The van der Waals surface area contributed by atoms with Crippen molar-refractivity contribution in [3.8, 4) is 11.8 Å². The van der Waals surface area contributed by atoms with Gasteiger partial charge in [0, 0.05) is 15.8 Å². The summed E-state index contributed by atoms with van der Waals surface area (Å²) in [4.78, 5) is 2.20. The van der Waals surface area contributed by atoms with E-state index in [1.54, 1.807) is 18.9 Å². The highest BCUT2D eigenvalue weighted by molar-refractivity contribution is 7.99. The molecule has 3 nitrogen and oxygen atoms in total. The summed E-state index contributed by atoms with van der Waals surface area (Å²) in [6.07, 6.45) is 0.320.